The molecule has 3 heterocycles. The van der Waals surface area contributed by atoms with Crippen LogP contribution in [0.2, 0.25) is 4.34 Å². The Labute approximate surface area is 172 Å². The summed E-state index contributed by atoms with van der Waals surface area (Å²) in [6, 6.07) is 3.07. The van der Waals surface area contributed by atoms with Crippen molar-refractivity contribution in [2.24, 2.45) is 0 Å². The molecule has 0 unspecified atom stereocenters. The summed E-state index contributed by atoms with van der Waals surface area (Å²) in [5, 5.41) is 0. The zero-order valence-electron chi connectivity index (χ0n) is 15.3. The minimum Gasteiger partial charge on any atom is -0.354 e. The van der Waals surface area contributed by atoms with Crippen molar-refractivity contribution in [1.82, 2.24) is 14.2 Å². The fourth-order valence-corrected chi connectivity index (χ4v) is 6.90. The van der Waals surface area contributed by atoms with E-state index in [1.165, 1.54) is 10.4 Å². The van der Waals surface area contributed by atoms with E-state index in [4.69, 9.17) is 11.6 Å². The van der Waals surface area contributed by atoms with Gasteiger partial charge in [-0.05, 0) is 37.5 Å². The summed E-state index contributed by atoms with van der Waals surface area (Å²) in [4.78, 5) is 29.9. The van der Waals surface area contributed by atoms with Gasteiger partial charge in [-0.15, -0.1) is 11.3 Å². The molecular weight excluding hydrogens is 422 g/mol. The number of aryl methyl sites for hydroxylation is 1. The molecule has 150 valence electrons. The van der Waals surface area contributed by atoms with Crippen LogP contribution in [0.3, 0.4) is 0 Å². The highest BCUT2D eigenvalue weighted by atomic mass is 35.5. The van der Waals surface area contributed by atoms with Gasteiger partial charge in [0.05, 0.1) is 4.34 Å². The van der Waals surface area contributed by atoms with Crippen molar-refractivity contribution >= 4 is 44.7 Å². The first kappa shape index (κ1) is 19.6. The van der Waals surface area contributed by atoms with Crippen molar-refractivity contribution in [1.29, 1.82) is 0 Å². The predicted octanol–water partition coefficient (Wildman–Crippen LogP) is 2.70. The molecule has 0 saturated carbocycles. The van der Waals surface area contributed by atoms with E-state index >= 15 is 0 Å². The Morgan fingerprint density at radius 2 is 1.89 bits per heavy atom. The van der Waals surface area contributed by atoms with E-state index in [-0.39, 0.29) is 29.0 Å². The van der Waals surface area contributed by atoms with Crippen LogP contribution in [0.4, 0.5) is 0 Å². The fourth-order valence-electron chi connectivity index (χ4n) is 3.84. The fraction of sp³-hybridized carbons (Fsp3) is 0.444. The molecule has 1 aliphatic heterocycles. The number of fused-ring (bicyclic) bond motifs is 1. The molecule has 1 amide bonds. The molecule has 0 atom stereocenters. The Hall–Kier alpha value is -1.68. The molecule has 0 bridgehead atoms. The monoisotopic (exact) mass is 441 g/mol. The van der Waals surface area contributed by atoms with E-state index in [0.29, 0.717) is 40.7 Å². The first-order chi connectivity index (χ1) is 13.3. The topological polar surface area (TPSA) is 90.6 Å². The molecule has 7 nitrogen and oxygen atoms in total. The van der Waals surface area contributed by atoms with E-state index in [1.54, 1.807) is 17.9 Å². The lowest BCUT2D eigenvalue weighted by molar-refractivity contribution is 0.0692. The average molecular weight is 442 g/mol. The van der Waals surface area contributed by atoms with E-state index in [0.717, 1.165) is 29.9 Å². The quantitative estimate of drug-likeness (QED) is 0.792. The molecule has 28 heavy (non-hydrogen) atoms. The van der Waals surface area contributed by atoms with Gasteiger partial charge in [-0.3, -0.25) is 9.59 Å². The number of halogens is 1. The second-order valence-electron chi connectivity index (χ2n) is 7.01. The molecule has 1 saturated heterocycles. The highest BCUT2D eigenvalue weighted by Crippen LogP contribution is 2.30. The molecule has 0 radical (unpaired) electrons. The minimum absolute atomic E-state index is 0.0829. The first-order valence-corrected chi connectivity index (χ1v) is 11.7. The van der Waals surface area contributed by atoms with Crippen LogP contribution in [0.5, 0.6) is 0 Å². The predicted molar refractivity (Wildman–Crippen MR) is 107 cm³/mol. The Morgan fingerprint density at radius 1 is 1.18 bits per heavy atom. The number of H-pyrrole nitrogens is 1. The second kappa shape index (κ2) is 7.29. The molecule has 1 fully saturated rings. The van der Waals surface area contributed by atoms with Crippen molar-refractivity contribution in [3.63, 3.8) is 0 Å². The van der Waals surface area contributed by atoms with Gasteiger partial charge < -0.3 is 9.88 Å². The van der Waals surface area contributed by atoms with Gasteiger partial charge in [0.15, 0.2) is 5.78 Å². The zero-order valence-corrected chi connectivity index (χ0v) is 17.7. The summed E-state index contributed by atoms with van der Waals surface area (Å²) in [6.07, 6.45) is 2.08. The third-order valence-electron chi connectivity index (χ3n) is 5.32. The van der Waals surface area contributed by atoms with E-state index < -0.39 is 10.0 Å². The maximum absolute atomic E-state index is 13.0. The minimum atomic E-state index is -3.60. The summed E-state index contributed by atoms with van der Waals surface area (Å²) in [6.45, 7) is 2.85. The summed E-state index contributed by atoms with van der Waals surface area (Å²) >= 11 is 6.89. The highest BCUT2D eigenvalue weighted by Gasteiger charge is 2.33. The van der Waals surface area contributed by atoms with Crippen molar-refractivity contribution in [2.75, 3.05) is 26.2 Å². The van der Waals surface area contributed by atoms with Gasteiger partial charge in [-0.25, -0.2) is 8.42 Å². The number of rotatable bonds is 3. The van der Waals surface area contributed by atoms with Gasteiger partial charge in [-0.2, -0.15) is 4.31 Å². The van der Waals surface area contributed by atoms with E-state index in [2.05, 4.69) is 4.98 Å². The SMILES string of the molecule is Cc1c(C(=O)N2CCN(S(=O)(=O)c3ccc(Cl)s3)CC2)[nH]c2c1C(=O)CCC2. The largest absolute Gasteiger partial charge is 0.354 e. The maximum atomic E-state index is 13.0. The van der Waals surface area contributed by atoms with E-state index in [1.807, 2.05) is 0 Å². The number of sulfonamides is 1. The van der Waals surface area contributed by atoms with Crippen LogP contribution in [0, 0.1) is 6.92 Å². The van der Waals surface area contributed by atoms with Gasteiger partial charge in [0, 0.05) is 43.9 Å². The Morgan fingerprint density at radius 3 is 2.50 bits per heavy atom. The average Bonchev–Trinajstić information content (AvgIpc) is 3.26. The standard InChI is InChI=1S/C18H20ClN3O4S2/c1-11-16-12(3-2-4-13(16)23)20-17(11)18(24)21-7-9-22(10-8-21)28(25,26)15-6-5-14(19)27-15/h5-6,20H,2-4,7-10H2,1H3. The Kier molecular flexibility index (Phi) is 5.11. The van der Waals surface area contributed by atoms with Crippen LogP contribution in [-0.2, 0) is 16.4 Å². The second-order valence-corrected chi connectivity index (χ2v) is 10.9. The molecule has 0 spiro atoms. The van der Waals surface area contributed by atoms with Crippen LogP contribution in [0.1, 0.15) is 44.9 Å². The highest BCUT2D eigenvalue weighted by molar-refractivity contribution is 7.91. The Balaban J connectivity index is 1.49. The molecular formula is C18H20ClN3O4S2. The molecule has 4 rings (SSSR count). The van der Waals surface area contributed by atoms with Gasteiger partial charge in [0.1, 0.15) is 9.90 Å². The lowest BCUT2D eigenvalue weighted by Crippen LogP contribution is -2.50. The van der Waals surface area contributed by atoms with Crippen molar-refractivity contribution in [3.05, 3.63) is 39.0 Å². The summed E-state index contributed by atoms with van der Waals surface area (Å²) in [7, 11) is -3.60. The smallest absolute Gasteiger partial charge is 0.270 e. The number of carbonyl (C=O) groups excluding carboxylic acids is 2. The maximum Gasteiger partial charge on any atom is 0.270 e. The first-order valence-electron chi connectivity index (χ1n) is 9.08. The molecule has 2 aliphatic rings. The van der Waals surface area contributed by atoms with Crippen LogP contribution < -0.4 is 0 Å². The lowest BCUT2D eigenvalue weighted by atomic mass is 9.94. The van der Waals surface area contributed by atoms with Gasteiger partial charge >= 0.3 is 0 Å². The number of aromatic amines is 1. The Bertz CT molecular complexity index is 1050. The van der Waals surface area contributed by atoms with Gasteiger partial charge in [-0.1, -0.05) is 11.6 Å². The number of nitrogens with one attached hydrogen (secondary N) is 1. The number of Topliss-reactive ketones (excluding diaryl/α,β-unsaturated/α-hetero) is 1. The normalized spacial score (nSPS) is 18.4. The molecule has 0 aromatic carbocycles. The number of hydrogen-bond acceptors (Lipinski definition) is 5. The summed E-state index contributed by atoms with van der Waals surface area (Å²) in [5.74, 6) is -0.101. The molecule has 1 N–H and O–H groups in total. The third kappa shape index (κ3) is 3.30. The molecule has 1 aliphatic carbocycles. The van der Waals surface area contributed by atoms with Crippen molar-refractivity contribution in [3.8, 4) is 0 Å². The van der Waals surface area contributed by atoms with Crippen LogP contribution in [-0.4, -0.2) is 60.5 Å². The number of aromatic nitrogens is 1. The van der Waals surface area contributed by atoms with Crippen LogP contribution >= 0.6 is 22.9 Å². The van der Waals surface area contributed by atoms with E-state index in [9.17, 15) is 18.0 Å². The summed E-state index contributed by atoms with van der Waals surface area (Å²) < 4.78 is 27.4. The third-order valence-corrected chi connectivity index (χ3v) is 8.92. The van der Waals surface area contributed by atoms with Crippen LogP contribution in [0.25, 0.3) is 0 Å². The van der Waals surface area contributed by atoms with Crippen LogP contribution in [0.15, 0.2) is 16.3 Å². The number of amides is 1. The van der Waals surface area contributed by atoms with Crippen molar-refractivity contribution in [2.45, 2.75) is 30.4 Å². The molecule has 2 aromatic heterocycles. The number of thiophene rings is 1. The van der Waals surface area contributed by atoms with Gasteiger partial charge in [0.25, 0.3) is 15.9 Å². The van der Waals surface area contributed by atoms with Crippen molar-refractivity contribution < 1.29 is 18.0 Å². The number of hydrogen-bond donors (Lipinski definition) is 1. The number of nitrogens with zero attached hydrogens (tertiary/aromatic N) is 2. The van der Waals surface area contributed by atoms with Gasteiger partial charge in [0.2, 0.25) is 0 Å². The summed E-state index contributed by atoms with van der Waals surface area (Å²) in [5.41, 5.74) is 2.65. The molecule has 2 aromatic rings. The lowest BCUT2D eigenvalue weighted by Gasteiger charge is -2.33. The zero-order chi connectivity index (χ0) is 20.1. The number of piperazine rings is 1. The number of ketones is 1. The number of carbonyl (C=O) groups is 2. The molecule has 10 heteroatoms.